The molecule has 2 unspecified atom stereocenters. The molecule has 2 rings (SSSR count). The zero-order valence-electron chi connectivity index (χ0n) is 11.1. The summed E-state index contributed by atoms with van der Waals surface area (Å²) in [6.45, 7) is 2.08. The lowest BCUT2D eigenvalue weighted by Crippen LogP contribution is -2.58. The van der Waals surface area contributed by atoms with Crippen molar-refractivity contribution >= 4 is 12.0 Å². The number of aromatic nitrogens is 1. The van der Waals surface area contributed by atoms with E-state index in [0.717, 1.165) is 0 Å². The van der Waals surface area contributed by atoms with E-state index in [1.54, 1.807) is 25.3 Å². The average Bonchev–Trinajstić information content (AvgIpc) is 2.89. The molecule has 0 spiro atoms. The first-order valence-corrected chi connectivity index (χ1v) is 6.34. The highest BCUT2D eigenvalue weighted by Gasteiger charge is 2.44. The Kier molecular flexibility index (Phi) is 4.19. The van der Waals surface area contributed by atoms with Gasteiger partial charge in [-0.3, -0.25) is 4.98 Å². The fraction of sp³-hybridized carbons (Fsp3) is 0.462. The number of pyridine rings is 1. The number of carboxylic acid groups (broad SMARTS) is 1. The van der Waals surface area contributed by atoms with Crippen LogP contribution in [0.1, 0.15) is 25.1 Å². The summed E-state index contributed by atoms with van der Waals surface area (Å²) < 4.78 is 5.08. The van der Waals surface area contributed by atoms with Crippen LogP contribution in [0, 0.1) is 0 Å². The van der Waals surface area contributed by atoms with Gasteiger partial charge in [0.15, 0.2) is 5.54 Å². The molecule has 1 fully saturated rings. The third-order valence-corrected chi connectivity index (χ3v) is 3.26. The molecule has 1 saturated heterocycles. The Morgan fingerprint density at radius 3 is 2.85 bits per heavy atom. The summed E-state index contributed by atoms with van der Waals surface area (Å²) in [5.41, 5.74) is -0.636. The van der Waals surface area contributed by atoms with E-state index in [1.807, 2.05) is 6.07 Å². The van der Waals surface area contributed by atoms with Crippen molar-refractivity contribution < 1.29 is 19.4 Å². The summed E-state index contributed by atoms with van der Waals surface area (Å²) >= 11 is 0. The zero-order valence-corrected chi connectivity index (χ0v) is 11.1. The maximum absolute atomic E-state index is 11.9. The van der Waals surface area contributed by atoms with E-state index in [4.69, 9.17) is 4.74 Å². The number of ether oxygens (including phenoxy) is 1. The van der Waals surface area contributed by atoms with Gasteiger partial charge in [-0.2, -0.15) is 0 Å². The number of aliphatic carboxylic acids is 1. The fourth-order valence-corrected chi connectivity index (χ4v) is 2.04. The monoisotopic (exact) mass is 279 g/mol. The van der Waals surface area contributed by atoms with E-state index in [-0.39, 0.29) is 19.1 Å². The van der Waals surface area contributed by atoms with Crippen molar-refractivity contribution in [1.29, 1.82) is 0 Å². The van der Waals surface area contributed by atoms with Crippen molar-refractivity contribution in [2.24, 2.45) is 0 Å². The van der Waals surface area contributed by atoms with Gasteiger partial charge in [0, 0.05) is 19.2 Å². The number of carbonyl (C=O) groups is 2. The van der Waals surface area contributed by atoms with Gasteiger partial charge in [-0.25, -0.2) is 9.59 Å². The molecule has 7 nitrogen and oxygen atoms in total. The second-order valence-electron chi connectivity index (χ2n) is 4.76. The largest absolute Gasteiger partial charge is 0.479 e. The zero-order chi connectivity index (χ0) is 14.6. The second kappa shape index (κ2) is 5.87. The van der Waals surface area contributed by atoms with Gasteiger partial charge in [0.25, 0.3) is 0 Å². The number of nitrogens with zero attached hydrogens (tertiary/aromatic N) is 1. The highest BCUT2D eigenvalue weighted by Crippen LogP contribution is 2.19. The Morgan fingerprint density at radius 1 is 1.50 bits per heavy atom. The van der Waals surface area contributed by atoms with Gasteiger partial charge in [-0.1, -0.05) is 6.07 Å². The molecule has 0 radical (unpaired) electrons. The molecular formula is C13H17N3O4. The highest BCUT2D eigenvalue weighted by molar-refractivity contribution is 5.86. The van der Waals surface area contributed by atoms with Crippen LogP contribution in [0.5, 0.6) is 0 Å². The van der Waals surface area contributed by atoms with E-state index in [2.05, 4.69) is 15.6 Å². The predicted molar refractivity (Wildman–Crippen MR) is 70.1 cm³/mol. The maximum atomic E-state index is 11.9. The van der Waals surface area contributed by atoms with Crippen LogP contribution in [0.25, 0.3) is 0 Å². The first-order chi connectivity index (χ1) is 9.53. The number of hydrogen-bond donors (Lipinski definition) is 3. The van der Waals surface area contributed by atoms with Gasteiger partial charge >= 0.3 is 12.0 Å². The van der Waals surface area contributed by atoms with Crippen molar-refractivity contribution in [3.63, 3.8) is 0 Å². The van der Waals surface area contributed by atoms with Gasteiger partial charge in [0.1, 0.15) is 0 Å². The summed E-state index contributed by atoms with van der Waals surface area (Å²) in [5.74, 6) is -1.09. The maximum Gasteiger partial charge on any atom is 0.332 e. The summed E-state index contributed by atoms with van der Waals surface area (Å²) in [6, 6.07) is 4.53. The van der Waals surface area contributed by atoms with Crippen molar-refractivity contribution in [3.05, 3.63) is 30.1 Å². The standard InChI is InChI=1S/C13H17N3O4/c1-9(10-4-2-3-6-14-10)15-12(19)16-13(11(17)18)5-7-20-8-13/h2-4,6,9H,5,7-8H2,1H3,(H,17,18)(H2,15,16,19). The topological polar surface area (TPSA) is 101 Å². The Balaban J connectivity index is 1.97. The number of nitrogens with one attached hydrogen (secondary N) is 2. The summed E-state index contributed by atoms with van der Waals surface area (Å²) in [5, 5.41) is 14.4. The Labute approximate surface area is 116 Å². The number of amides is 2. The molecule has 0 aromatic carbocycles. The molecule has 1 aromatic rings. The molecule has 20 heavy (non-hydrogen) atoms. The summed E-state index contributed by atoms with van der Waals surface area (Å²) in [7, 11) is 0. The van der Waals surface area contributed by atoms with E-state index in [1.165, 1.54) is 0 Å². The molecule has 1 aliphatic heterocycles. The molecule has 2 amide bonds. The van der Waals surface area contributed by atoms with Crippen LogP contribution in [-0.2, 0) is 9.53 Å². The SMILES string of the molecule is CC(NC(=O)NC1(C(=O)O)CCOC1)c1ccccn1. The molecule has 2 heterocycles. The number of urea groups is 1. The van der Waals surface area contributed by atoms with E-state index in [0.29, 0.717) is 12.3 Å². The van der Waals surface area contributed by atoms with Crippen LogP contribution < -0.4 is 10.6 Å². The molecule has 108 valence electrons. The van der Waals surface area contributed by atoms with Crippen LogP contribution in [-0.4, -0.2) is 40.8 Å². The lowest BCUT2D eigenvalue weighted by Gasteiger charge is -2.25. The molecule has 0 aliphatic carbocycles. The quantitative estimate of drug-likeness (QED) is 0.752. The van der Waals surface area contributed by atoms with E-state index < -0.39 is 17.5 Å². The third-order valence-electron chi connectivity index (χ3n) is 3.26. The smallest absolute Gasteiger partial charge is 0.332 e. The average molecular weight is 279 g/mol. The summed E-state index contributed by atoms with van der Waals surface area (Å²) in [6.07, 6.45) is 1.89. The normalized spacial score (nSPS) is 23.1. The minimum absolute atomic E-state index is 0.0201. The Morgan fingerprint density at radius 2 is 2.30 bits per heavy atom. The molecule has 0 bridgehead atoms. The Hall–Kier alpha value is -2.15. The number of carbonyl (C=O) groups excluding carboxylic acids is 1. The lowest BCUT2D eigenvalue weighted by atomic mass is 9.99. The summed E-state index contributed by atoms with van der Waals surface area (Å²) in [4.78, 5) is 27.3. The molecule has 1 aliphatic rings. The molecule has 1 aromatic heterocycles. The molecular weight excluding hydrogens is 262 g/mol. The van der Waals surface area contributed by atoms with Crippen LogP contribution in [0.3, 0.4) is 0 Å². The minimum Gasteiger partial charge on any atom is -0.479 e. The van der Waals surface area contributed by atoms with Crippen molar-refractivity contribution in [3.8, 4) is 0 Å². The van der Waals surface area contributed by atoms with Crippen LogP contribution in [0.2, 0.25) is 0 Å². The van der Waals surface area contributed by atoms with Crippen molar-refractivity contribution in [2.45, 2.75) is 24.9 Å². The van der Waals surface area contributed by atoms with Gasteiger partial charge in [-0.15, -0.1) is 0 Å². The van der Waals surface area contributed by atoms with Crippen LogP contribution in [0.4, 0.5) is 4.79 Å². The number of rotatable bonds is 4. The first-order valence-electron chi connectivity index (χ1n) is 6.34. The number of carboxylic acids is 1. The van der Waals surface area contributed by atoms with Crippen molar-refractivity contribution in [2.75, 3.05) is 13.2 Å². The Bertz CT molecular complexity index is 486. The van der Waals surface area contributed by atoms with Crippen LogP contribution in [0.15, 0.2) is 24.4 Å². The minimum atomic E-state index is -1.34. The number of hydrogen-bond acceptors (Lipinski definition) is 4. The second-order valence-corrected chi connectivity index (χ2v) is 4.76. The third kappa shape index (κ3) is 3.05. The molecule has 7 heteroatoms. The van der Waals surface area contributed by atoms with Gasteiger partial charge < -0.3 is 20.5 Å². The van der Waals surface area contributed by atoms with Crippen molar-refractivity contribution in [1.82, 2.24) is 15.6 Å². The predicted octanol–water partition coefficient (Wildman–Crippen LogP) is 0.685. The van der Waals surface area contributed by atoms with E-state index in [9.17, 15) is 14.7 Å². The van der Waals surface area contributed by atoms with Gasteiger partial charge in [0.05, 0.1) is 18.3 Å². The fourth-order valence-electron chi connectivity index (χ4n) is 2.04. The molecule has 0 saturated carbocycles. The van der Waals surface area contributed by atoms with Crippen LogP contribution >= 0.6 is 0 Å². The first kappa shape index (κ1) is 14.3. The molecule has 3 N–H and O–H groups in total. The lowest BCUT2D eigenvalue weighted by molar-refractivity contribution is -0.144. The highest BCUT2D eigenvalue weighted by atomic mass is 16.5. The van der Waals surface area contributed by atoms with Gasteiger partial charge in [-0.05, 0) is 19.1 Å². The molecule has 2 atom stereocenters. The van der Waals surface area contributed by atoms with Gasteiger partial charge in [0.2, 0.25) is 0 Å². The van der Waals surface area contributed by atoms with E-state index >= 15 is 0 Å².